The van der Waals surface area contributed by atoms with Crippen molar-refractivity contribution < 1.29 is 19.1 Å². The molecule has 0 spiro atoms. The number of rotatable bonds is 8. The van der Waals surface area contributed by atoms with E-state index in [0.29, 0.717) is 37.8 Å². The van der Waals surface area contributed by atoms with Gasteiger partial charge in [0.05, 0.1) is 18.0 Å². The Labute approximate surface area is 204 Å². The number of carboxylic acids is 1. The van der Waals surface area contributed by atoms with E-state index in [9.17, 15) is 9.90 Å². The number of hydrogen-bond donors (Lipinski definition) is 1. The lowest BCUT2D eigenvalue weighted by atomic mass is 9.92. The van der Waals surface area contributed by atoms with E-state index >= 15 is 0 Å². The first-order valence-electron chi connectivity index (χ1n) is 11.7. The molecule has 0 saturated heterocycles. The van der Waals surface area contributed by atoms with Crippen LogP contribution in [-0.4, -0.2) is 39.1 Å². The first-order valence-corrected chi connectivity index (χ1v) is 11.7. The maximum Gasteiger partial charge on any atom is 0.325 e. The quantitative estimate of drug-likeness (QED) is 0.395. The van der Waals surface area contributed by atoms with Gasteiger partial charge in [-0.3, -0.25) is 14.7 Å². The van der Waals surface area contributed by atoms with Crippen LogP contribution in [0.25, 0.3) is 11.5 Å². The van der Waals surface area contributed by atoms with Gasteiger partial charge in [0.25, 0.3) is 0 Å². The summed E-state index contributed by atoms with van der Waals surface area (Å²) in [6, 6.07) is 20.5. The van der Waals surface area contributed by atoms with Crippen LogP contribution >= 0.6 is 0 Å². The van der Waals surface area contributed by atoms with Crippen molar-refractivity contribution in [3.8, 4) is 17.2 Å². The van der Waals surface area contributed by atoms with Crippen molar-refractivity contribution in [3.63, 3.8) is 0 Å². The van der Waals surface area contributed by atoms with Crippen LogP contribution in [0.1, 0.15) is 34.3 Å². The predicted octanol–water partition coefficient (Wildman–Crippen LogP) is 4.85. The summed E-state index contributed by atoms with van der Waals surface area (Å²) in [7, 11) is 0. The van der Waals surface area contributed by atoms with E-state index in [4.69, 9.17) is 9.15 Å². The molecule has 1 unspecified atom stereocenters. The fourth-order valence-corrected chi connectivity index (χ4v) is 4.52. The van der Waals surface area contributed by atoms with Crippen molar-refractivity contribution in [2.24, 2.45) is 0 Å². The molecule has 178 valence electrons. The molecule has 4 aromatic rings. The Morgan fingerprint density at radius 3 is 2.74 bits per heavy atom. The van der Waals surface area contributed by atoms with Crippen LogP contribution in [0.5, 0.6) is 5.75 Å². The number of fused-ring (bicyclic) bond motifs is 1. The van der Waals surface area contributed by atoms with E-state index in [1.54, 1.807) is 6.20 Å². The van der Waals surface area contributed by atoms with Gasteiger partial charge in [0, 0.05) is 31.3 Å². The van der Waals surface area contributed by atoms with Crippen molar-refractivity contribution in [3.05, 3.63) is 101 Å². The van der Waals surface area contributed by atoms with Gasteiger partial charge < -0.3 is 14.3 Å². The van der Waals surface area contributed by atoms with E-state index in [2.05, 4.69) is 9.97 Å². The summed E-state index contributed by atoms with van der Waals surface area (Å²) in [5, 5.41) is 10.1. The number of nitrogens with zero attached hydrogens (tertiary/aromatic N) is 3. The van der Waals surface area contributed by atoms with Crippen LogP contribution in [0, 0.1) is 6.92 Å². The molecule has 1 atom stereocenters. The molecule has 2 aromatic heterocycles. The van der Waals surface area contributed by atoms with Crippen LogP contribution in [-0.2, 0) is 24.2 Å². The van der Waals surface area contributed by atoms with Gasteiger partial charge in [-0.05, 0) is 60.9 Å². The highest BCUT2D eigenvalue weighted by atomic mass is 16.5. The molecule has 0 fully saturated rings. The zero-order valence-electron chi connectivity index (χ0n) is 19.6. The Kier molecular flexibility index (Phi) is 6.59. The lowest BCUT2D eigenvalue weighted by Gasteiger charge is -2.34. The molecule has 1 aliphatic rings. The zero-order valence-corrected chi connectivity index (χ0v) is 19.6. The fraction of sp³-hybridized carbons (Fsp3) is 0.250. The molecule has 7 nitrogen and oxygen atoms in total. The number of hydrogen-bond acceptors (Lipinski definition) is 6. The maximum atomic E-state index is 12.3. The van der Waals surface area contributed by atoms with Crippen molar-refractivity contribution in [1.29, 1.82) is 0 Å². The number of aryl methyl sites for hydroxylation is 1. The standard InChI is InChI=1S/C28H27N3O4/c1-19-25(30-27(35-19)21-7-3-2-4-8-21)13-16-34-23-11-10-20-12-15-31(18-22-9-5-6-14-29-22)26(28(32)33)24(20)17-23/h2-11,14,17,26H,12-13,15-16,18H2,1H3,(H,32,33). The summed E-state index contributed by atoms with van der Waals surface area (Å²) in [6.45, 7) is 3.46. The average Bonchev–Trinajstić information content (AvgIpc) is 3.25. The van der Waals surface area contributed by atoms with Gasteiger partial charge in [-0.1, -0.05) is 30.3 Å². The highest BCUT2D eigenvalue weighted by Gasteiger charge is 2.33. The predicted molar refractivity (Wildman–Crippen MR) is 131 cm³/mol. The number of carboxylic acid groups (broad SMARTS) is 1. The van der Waals surface area contributed by atoms with Gasteiger partial charge in [0.2, 0.25) is 5.89 Å². The first-order chi connectivity index (χ1) is 17.1. The Morgan fingerprint density at radius 1 is 1.14 bits per heavy atom. The summed E-state index contributed by atoms with van der Waals surface area (Å²) in [5.74, 6) is 1.16. The summed E-state index contributed by atoms with van der Waals surface area (Å²) in [4.78, 5) is 23.2. The van der Waals surface area contributed by atoms with Crippen LogP contribution in [0.3, 0.4) is 0 Å². The second-order valence-electron chi connectivity index (χ2n) is 8.63. The first kappa shape index (κ1) is 22.8. The third kappa shape index (κ3) is 5.10. The fourth-order valence-electron chi connectivity index (χ4n) is 4.52. The molecular formula is C28H27N3O4. The molecule has 7 heteroatoms. The van der Waals surface area contributed by atoms with Gasteiger partial charge in [-0.15, -0.1) is 0 Å². The summed E-state index contributed by atoms with van der Waals surface area (Å²) in [5.41, 5.74) is 4.47. The highest BCUT2D eigenvalue weighted by molar-refractivity contribution is 5.77. The molecule has 3 heterocycles. The highest BCUT2D eigenvalue weighted by Crippen LogP contribution is 2.34. The minimum atomic E-state index is -0.870. The second kappa shape index (κ2) is 10.1. The van der Waals surface area contributed by atoms with Crippen molar-refractivity contribution >= 4 is 5.97 Å². The summed E-state index contributed by atoms with van der Waals surface area (Å²) < 4.78 is 11.9. The van der Waals surface area contributed by atoms with Crippen LogP contribution in [0.15, 0.2) is 77.3 Å². The molecule has 0 amide bonds. The Balaban J connectivity index is 1.28. The molecule has 1 N–H and O–H groups in total. The maximum absolute atomic E-state index is 12.3. The SMILES string of the molecule is Cc1oc(-c2ccccc2)nc1CCOc1ccc2c(c1)C(C(=O)O)N(Cc1ccccn1)CC2. The van der Waals surface area contributed by atoms with Crippen LogP contribution in [0.4, 0.5) is 0 Å². The lowest BCUT2D eigenvalue weighted by Crippen LogP contribution is -2.39. The molecule has 0 bridgehead atoms. The number of ether oxygens (including phenoxy) is 1. The van der Waals surface area contributed by atoms with Gasteiger partial charge >= 0.3 is 5.97 Å². The zero-order chi connectivity index (χ0) is 24.2. The van der Waals surface area contributed by atoms with Crippen LogP contribution < -0.4 is 4.74 Å². The van der Waals surface area contributed by atoms with Crippen molar-refractivity contribution in [1.82, 2.24) is 14.9 Å². The number of aromatic nitrogens is 2. The van der Waals surface area contributed by atoms with Crippen LogP contribution in [0.2, 0.25) is 0 Å². The second-order valence-corrected chi connectivity index (χ2v) is 8.63. The largest absolute Gasteiger partial charge is 0.493 e. The van der Waals surface area contributed by atoms with Crippen molar-refractivity contribution in [2.45, 2.75) is 32.4 Å². The molecule has 0 aliphatic carbocycles. The van der Waals surface area contributed by atoms with Gasteiger partial charge in [-0.25, -0.2) is 4.98 Å². The minimum Gasteiger partial charge on any atom is -0.493 e. The third-order valence-corrected chi connectivity index (χ3v) is 6.29. The van der Waals surface area contributed by atoms with Gasteiger partial charge in [-0.2, -0.15) is 0 Å². The third-order valence-electron chi connectivity index (χ3n) is 6.29. The monoisotopic (exact) mass is 469 g/mol. The van der Waals surface area contributed by atoms with Gasteiger partial charge in [0.15, 0.2) is 0 Å². The number of pyridine rings is 1. The number of oxazole rings is 1. The van der Waals surface area contributed by atoms with E-state index in [1.165, 1.54) is 0 Å². The Bertz CT molecular complexity index is 1300. The Hall–Kier alpha value is -3.97. The molecule has 1 aliphatic heterocycles. The number of aliphatic carboxylic acids is 1. The van der Waals surface area contributed by atoms with Gasteiger partial charge in [0.1, 0.15) is 17.6 Å². The molecule has 0 saturated carbocycles. The average molecular weight is 470 g/mol. The Morgan fingerprint density at radius 2 is 1.97 bits per heavy atom. The van der Waals surface area contributed by atoms with E-state index in [1.807, 2.05) is 78.6 Å². The van der Waals surface area contributed by atoms with E-state index in [0.717, 1.165) is 40.3 Å². The molecule has 35 heavy (non-hydrogen) atoms. The van der Waals surface area contributed by atoms with E-state index in [-0.39, 0.29) is 0 Å². The summed E-state index contributed by atoms with van der Waals surface area (Å²) in [6.07, 6.45) is 3.11. The molecular weight excluding hydrogens is 442 g/mol. The van der Waals surface area contributed by atoms with Crippen molar-refractivity contribution in [2.75, 3.05) is 13.2 Å². The smallest absolute Gasteiger partial charge is 0.325 e. The van der Waals surface area contributed by atoms with E-state index < -0.39 is 12.0 Å². The normalized spacial score (nSPS) is 15.5. The number of carbonyl (C=O) groups is 1. The minimum absolute atomic E-state index is 0.412. The topological polar surface area (TPSA) is 88.7 Å². The molecule has 2 aromatic carbocycles. The number of benzene rings is 2. The summed E-state index contributed by atoms with van der Waals surface area (Å²) >= 11 is 0. The lowest BCUT2D eigenvalue weighted by molar-refractivity contribution is -0.144. The molecule has 0 radical (unpaired) electrons. The molecule has 5 rings (SSSR count).